The molecule has 2 heterocycles. The van der Waals surface area contributed by atoms with E-state index in [9.17, 15) is 13.2 Å². The van der Waals surface area contributed by atoms with Crippen LogP contribution in [0.5, 0.6) is 0 Å². The lowest BCUT2D eigenvalue weighted by Crippen LogP contribution is -2.17. The van der Waals surface area contributed by atoms with Crippen LogP contribution in [0.25, 0.3) is 11.0 Å². The largest absolute Gasteiger partial charge is 0.406 e. The van der Waals surface area contributed by atoms with Crippen molar-refractivity contribution in [3.05, 3.63) is 30.1 Å². The number of hydrogen-bond donors (Lipinski definition) is 0. The molecule has 1 saturated carbocycles. The number of hydrogen-bond acceptors (Lipinski definition) is 1. The van der Waals surface area contributed by atoms with E-state index in [4.69, 9.17) is 0 Å². The molecule has 2 aromatic heterocycles. The lowest BCUT2D eigenvalue weighted by molar-refractivity contribution is -0.139. The van der Waals surface area contributed by atoms with Crippen molar-refractivity contribution < 1.29 is 13.2 Å². The minimum absolute atomic E-state index is 0.218. The summed E-state index contributed by atoms with van der Waals surface area (Å²) < 4.78 is 39.0. The van der Waals surface area contributed by atoms with E-state index >= 15 is 0 Å². The first kappa shape index (κ1) is 14.4. The van der Waals surface area contributed by atoms with Gasteiger partial charge in [-0.1, -0.05) is 20.8 Å². The van der Waals surface area contributed by atoms with Gasteiger partial charge in [-0.3, -0.25) is 0 Å². The van der Waals surface area contributed by atoms with E-state index in [0.29, 0.717) is 17.5 Å². The first-order valence-corrected chi connectivity index (χ1v) is 7.18. The van der Waals surface area contributed by atoms with Crippen molar-refractivity contribution in [2.45, 2.75) is 45.8 Å². The van der Waals surface area contributed by atoms with Crippen molar-refractivity contribution in [3.8, 4) is 0 Å². The quantitative estimate of drug-likeness (QED) is 0.782. The normalized spacial score (nSPS) is 22.8. The van der Waals surface area contributed by atoms with E-state index in [1.807, 2.05) is 12.1 Å². The van der Waals surface area contributed by atoms with Crippen molar-refractivity contribution in [1.29, 1.82) is 0 Å². The third-order valence-electron chi connectivity index (χ3n) is 4.27. The molecule has 114 valence electrons. The lowest BCUT2D eigenvalue weighted by atomic mass is 9.88. The van der Waals surface area contributed by atoms with Crippen LogP contribution in [-0.4, -0.2) is 15.7 Å². The van der Waals surface area contributed by atoms with E-state index in [-0.39, 0.29) is 5.41 Å². The summed E-state index contributed by atoms with van der Waals surface area (Å²) in [6, 6.07) is 5.52. The highest BCUT2D eigenvalue weighted by Crippen LogP contribution is 2.56. The Morgan fingerprint density at radius 3 is 2.48 bits per heavy atom. The molecule has 0 spiro atoms. The zero-order chi connectivity index (χ0) is 15.4. The van der Waals surface area contributed by atoms with Gasteiger partial charge in [-0.25, -0.2) is 4.98 Å². The molecule has 0 aromatic carbocycles. The van der Waals surface area contributed by atoms with Crippen LogP contribution in [0.1, 0.15) is 38.8 Å². The average molecular weight is 296 g/mol. The highest BCUT2D eigenvalue weighted by atomic mass is 19.4. The van der Waals surface area contributed by atoms with Gasteiger partial charge in [-0.2, -0.15) is 13.2 Å². The average Bonchev–Trinajstić information content (AvgIpc) is 3.06. The maximum atomic E-state index is 12.6. The summed E-state index contributed by atoms with van der Waals surface area (Å²) in [4.78, 5) is 4.51. The number of pyridine rings is 1. The summed E-state index contributed by atoms with van der Waals surface area (Å²) in [5, 5.41) is 0.760. The summed E-state index contributed by atoms with van der Waals surface area (Å²) in [6.45, 7) is 5.61. The Labute approximate surface area is 122 Å². The second kappa shape index (κ2) is 4.49. The van der Waals surface area contributed by atoms with Crippen LogP contribution in [0.15, 0.2) is 24.4 Å². The zero-order valence-electron chi connectivity index (χ0n) is 12.4. The molecule has 1 aliphatic rings. The van der Waals surface area contributed by atoms with E-state index in [2.05, 4.69) is 25.8 Å². The first-order chi connectivity index (χ1) is 9.65. The molecular formula is C16H19F3N2. The maximum absolute atomic E-state index is 12.6. The minimum atomic E-state index is -4.23. The number of rotatable bonds is 2. The third-order valence-corrected chi connectivity index (χ3v) is 4.27. The van der Waals surface area contributed by atoms with Crippen molar-refractivity contribution in [1.82, 2.24) is 9.55 Å². The van der Waals surface area contributed by atoms with Crippen LogP contribution in [0.2, 0.25) is 0 Å². The van der Waals surface area contributed by atoms with Crippen LogP contribution in [0.3, 0.4) is 0 Å². The standard InChI is InChI=1S/C16H19F3N2/c1-15(2,3)12-8-11(12)13-5-4-10-6-7-21(14(10)20-13)9-16(17,18)19/h4-7,11-12H,8-9H2,1-3H3/t11-,12-/m0/s1. The number of halogens is 3. The van der Waals surface area contributed by atoms with Crippen LogP contribution in [-0.2, 0) is 6.54 Å². The molecule has 1 aliphatic carbocycles. The molecule has 21 heavy (non-hydrogen) atoms. The Bertz CT molecular complexity index is 664. The number of nitrogens with zero attached hydrogens (tertiary/aromatic N) is 2. The van der Waals surface area contributed by atoms with E-state index < -0.39 is 12.7 Å². The minimum Gasteiger partial charge on any atom is -0.323 e. The van der Waals surface area contributed by atoms with Gasteiger partial charge >= 0.3 is 6.18 Å². The fourth-order valence-corrected chi connectivity index (χ4v) is 3.08. The Hall–Kier alpha value is -1.52. The zero-order valence-corrected chi connectivity index (χ0v) is 12.4. The van der Waals surface area contributed by atoms with Gasteiger partial charge in [0.2, 0.25) is 0 Å². The van der Waals surface area contributed by atoms with Gasteiger partial charge in [0.05, 0.1) is 0 Å². The molecule has 0 aliphatic heterocycles. The predicted molar refractivity (Wildman–Crippen MR) is 76.1 cm³/mol. The van der Waals surface area contributed by atoms with E-state index in [0.717, 1.165) is 17.5 Å². The molecule has 0 unspecified atom stereocenters. The SMILES string of the molecule is CC(C)(C)[C@H]1C[C@@H]1c1ccc2ccn(CC(F)(F)F)c2n1. The summed E-state index contributed by atoms with van der Waals surface area (Å²) >= 11 is 0. The first-order valence-electron chi connectivity index (χ1n) is 7.18. The van der Waals surface area contributed by atoms with Crippen LogP contribution >= 0.6 is 0 Å². The molecule has 2 atom stereocenters. The Morgan fingerprint density at radius 2 is 1.90 bits per heavy atom. The van der Waals surface area contributed by atoms with Crippen molar-refractivity contribution in [3.63, 3.8) is 0 Å². The molecular weight excluding hydrogens is 277 g/mol. The van der Waals surface area contributed by atoms with Crippen molar-refractivity contribution >= 4 is 11.0 Å². The van der Waals surface area contributed by atoms with Gasteiger partial charge in [0.15, 0.2) is 0 Å². The van der Waals surface area contributed by atoms with Gasteiger partial charge in [-0.05, 0) is 36.0 Å². The van der Waals surface area contributed by atoms with E-state index in [1.165, 1.54) is 10.8 Å². The van der Waals surface area contributed by atoms with Gasteiger partial charge < -0.3 is 4.57 Å². The van der Waals surface area contributed by atoms with Crippen LogP contribution in [0.4, 0.5) is 13.2 Å². The van der Waals surface area contributed by atoms with Gasteiger partial charge in [0, 0.05) is 23.2 Å². The molecule has 3 rings (SSSR count). The fourth-order valence-electron chi connectivity index (χ4n) is 3.08. The fraction of sp³-hybridized carbons (Fsp3) is 0.562. The summed E-state index contributed by atoms with van der Waals surface area (Å²) in [5.41, 5.74) is 1.57. The summed E-state index contributed by atoms with van der Waals surface area (Å²) in [5.74, 6) is 0.942. The molecule has 0 N–H and O–H groups in total. The number of aromatic nitrogens is 2. The Morgan fingerprint density at radius 1 is 1.19 bits per heavy atom. The van der Waals surface area contributed by atoms with Crippen LogP contribution < -0.4 is 0 Å². The molecule has 0 saturated heterocycles. The topological polar surface area (TPSA) is 17.8 Å². The molecule has 2 nitrogen and oxygen atoms in total. The van der Waals surface area contributed by atoms with Crippen molar-refractivity contribution in [2.24, 2.45) is 11.3 Å². The molecule has 0 radical (unpaired) electrons. The van der Waals surface area contributed by atoms with Crippen LogP contribution in [0, 0.1) is 11.3 Å². The number of alkyl halides is 3. The monoisotopic (exact) mass is 296 g/mol. The predicted octanol–water partition coefficient (Wildman–Crippen LogP) is 4.75. The summed E-state index contributed by atoms with van der Waals surface area (Å²) in [6.07, 6.45) is -1.69. The van der Waals surface area contributed by atoms with Gasteiger partial charge in [0.25, 0.3) is 0 Å². The number of fused-ring (bicyclic) bond motifs is 1. The second-order valence-corrected chi connectivity index (χ2v) is 7.02. The molecule has 0 amide bonds. The highest BCUT2D eigenvalue weighted by molar-refractivity contribution is 5.76. The summed E-state index contributed by atoms with van der Waals surface area (Å²) in [7, 11) is 0. The Kier molecular flexibility index (Phi) is 3.08. The third kappa shape index (κ3) is 2.92. The highest BCUT2D eigenvalue weighted by Gasteiger charge is 2.46. The van der Waals surface area contributed by atoms with Gasteiger partial charge in [-0.15, -0.1) is 0 Å². The van der Waals surface area contributed by atoms with Gasteiger partial charge in [0.1, 0.15) is 12.2 Å². The molecule has 1 fully saturated rings. The smallest absolute Gasteiger partial charge is 0.323 e. The maximum Gasteiger partial charge on any atom is 0.406 e. The Balaban J connectivity index is 1.91. The second-order valence-electron chi connectivity index (χ2n) is 7.02. The van der Waals surface area contributed by atoms with E-state index in [1.54, 1.807) is 6.07 Å². The molecule has 2 aromatic rings. The van der Waals surface area contributed by atoms with Crippen molar-refractivity contribution in [2.75, 3.05) is 0 Å². The molecule has 0 bridgehead atoms. The lowest BCUT2D eigenvalue weighted by Gasteiger charge is -2.18. The molecule has 5 heteroatoms.